The van der Waals surface area contributed by atoms with Crippen LogP contribution < -0.4 is 14.8 Å². The third kappa shape index (κ3) is 7.43. The van der Waals surface area contributed by atoms with Crippen LogP contribution in [0, 0.1) is 12.8 Å². The number of hydrogen-bond acceptors (Lipinski definition) is 6. The molecule has 184 valence electrons. The van der Waals surface area contributed by atoms with Gasteiger partial charge in [0.05, 0.1) is 31.1 Å². The summed E-state index contributed by atoms with van der Waals surface area (Å²) >= 11 is 0. The number of methoxy groups -OCH3 is 2. The number of aryl methyl sites for hydroxylation is 1. The second kappa shape index (κ2) is 12.2. The van der Waals surface area contributed by atoms with E-state index in [0.29, 0.717) is 5.75 Å². The molecule has 0 aliphatic rings. The average Bonchev–Trinajstić information content (AvgIpc) is 2.88. The topological polar surface area (TPSA) is 93.7 Å². The lowest BCUT2D eigenvalue weighted by Gasteiger charge is -2.25. The number of esters is 1. The molecule has 0 spiro atoms. The predicted molar refractivity (Wildman–Crippen MR) is 138 cm³/mol. The Bertz CT molecular complexity index is 1220. The minimum absolute atomic E-state index is 0.131. The fraction of sp³-hybridized carbons (Fsp3) is 0.222. The maximum absolute atomic E-state index is 12.9. The highest BCUT2D eigenvalue weighted by Crippen LogP contribution is 2.21. The molecule has 2 atom stereocenters. The number of carbonyl (C=O) groups excluding carboxylic acids is 1. The van der Waals surface area contributed by atoms with Crippen molar-refractivity contribution in [3.05, 3.63) is 96.1 Å². The first-order chi connectivity index (χ1) is 16.8. The second-order valence-electron chi connectivity index (χ2n) is 7.96. The van der Waals surface area contributed by atoms with Crippen LogP contribution in [0.15, 0.2) is 89.8 Å². The van der Waals surface area contributed by atoms with Crippen LogP contribution in [0.4, 0.5) is 5.69 Å². The number of nitrogens with one attached hydrogen (secondary N) is 2. The minimum atomic E-state index is -3.82. The van der Waals surface area contributed by atoms with E-state index < -0.39 is 28.0 Å². The molecule has 0 radical (unpaired) electrons. The van der Waals surface area contributed by atoms with E-state index in [4.69, 9.17) is 9.47 Å². The molecule has 0 aliphatic carbocycles. The van der Waals surface area contributed by atoms with Gasteiger partial charge in [0.2, 0.25) is 10.0 Å². The normalized spacial score (nSPS) is 13.2. The fourth-order valence-electron chi connectivity index (χ4n) is 3.45. The molecular weight excluding hydrogens is 464 g/mol. The molecule has 2 N–H and O–H groups in total. The SMILES string of the molecule is COC(=O)[C@@H](CNS(=O)(=O)c1ccc(C)cc1)[C@@H](/C=C/c1ccccc1)Nc1ccc(OC)cc1. The molecule has 3 aromatic carbocycles. The van der Waals surface area contributed by atoms with Crippen LogP contribution in [0.5, 0.6) is 5.75 Å². The lowest BCUT2D eigenvalue weighted by atomic mass is 9.98. The Labute approximate surface area is 206 Å². The first-order valence-corrected chi connectivity index (χ1v) is 12.6. The maximum atomic E-state index is 12.9. The van der Waals surface area contributed by atoms with Crippen LogP contribution in [0.2, 0.25) is 0 Å². The number of ether oxygens (including phenoxy) is 2. The molecule has 3 rings (SSSR count). The third-order valence-corrected chi connectivity index (χ3v) is 6.92. The molecule has 0 unspecified atom stereocenters. The molecule has 0 aromatic heterocycles. The molecule has 0 aliphatic heterocycles. The molecule has 35 heavy (non-hydrogen) atoms. The van der Waals surface area contributed by atoms with Gasteiger partial charge in [-0.05, 0) is 48.9 Å². The lowest BCUT2D eigenvalue weighted by molar-refractivity contribution is -0.145. The predicted octanol–water partition coefficient (Wildman–Crippen LogP) is 4.27. The molecule has 0 heterocycles. The molecular formula is C27H30N2O5S. The summed E-state index contributed by atoms with van der Waals surface area (Å²) in [6.45, 7) is 1.72. The van der Waals surface area contributed by atoms with E-state index in [9.17, 15) is 13.2 Å². The van der Waals surface area contributed by atoms with Gasteiger partial charge in [-0.25, -0.2) is 13.1 Å². The number of benzene rings is 3. The van der Waals surface area contributed by atoms with Gasteiger partial charge in [0.1, 0.15) is 5.75 Å². The quantitative estimate of drug-likeness (QED) is 0.387. The zero-order valence-corrected chi connectivity index (χ0v) is 20.8. The van der Waals surface area contributed by atoms with Crippen LogP contribution in [0.1, 0.15) is 11.1 Å². The molecule has 0 fully saturated rings. The highest BCUT2D eigenvalue weighted by Gasteiger charge is 2.30. The van der Waals surface area contributed by atoms with Gasteiger partial charge in [-0.1, -0.05) is 60.2 Å². The number of hydrogen-bond donors (Lipinski definition) is 2. The molecule has 3 aromatic rings. The summed E-state index contributed by atoms with van der Waals surface area (Å²) in [6.07, 6.45) is 3.72. The van der Waals surface area contributed by atoms with Gasteiger partial charge in [0, 0.05) is 12.2 Å². The fourth-order valence-corrected chi connectivity index (χ4v) is 4.51. The number of rotatable bonds is 11. The monoisotopic (exact) mass is 494 g/mol. The van der Waals surface area contributed by atoms with Crippen LogP contribution in [-0.4, -0.2) is 41.2 Å². The molecule has 0 saturated carbocycles. The van der Waals surface area contributed by atoms with Crippen LogP contribution in [-0.2, 0) is 19.6 Å². The third-order valence-electron chi connectivity index (χ3n) is 5.48. The number of carbonyl (C=O) groups is 1. The highest BCUT2D eigenvalue weighted by atomic mass is 32.2. The molecule has 0 amide bonds. The summed E-state index contributed by atoms with van der Waals surface area (Å²) < 4.78 is 38.6. The van der Waals surface area contributed by atoms with E-state index >= 15 is 0 Å². The highest BCUT2D eigenvalue weighted by molar-refractivity contribution is 7.89. The van der Waals surface area contributed by atoms with Crippen molar-refractivity contribution >= 4 is 27.8 Å². The molecule has 7 nitrogen and oxygen atoms in total. The van der Waals surface area contributed by atoms with Gasteiger partial charge in [-0.2, -0.15) is 0 Å². The lowest BCUT2D eigenvalue weighted by Crippen LogP contribution is -2.42. The van der Waals surface area contributed by atoms with Crippen molar-refractivity contribution in [2.24, 2.45) is 5.92 Å². The van der Waals surface area contributed by atoms with Gasteiger partial charge in [0.25, 0.3) is 0 Å². The smallest absolute Gasteiger partial charge is 0.312 e. The minimum Gasteiger partial charge on any atom is -0.497 e. The van der Waals surface area contributed by atoms with Gasteiger partial charge in [-0.3, -0.25) is 4.79 Å². The van der Waals surface area contributed by atoms with Crippen molar-refractivity contribution in [1.29, 1.82) is 0 Å². The van der Waals surface area contributed by atoms with Crippen molar-refractivity contribution < 1.29 is 22.7 Å². The van der Waals surface area contributed by atoms with Gasteiger partial charge < -0.3 is 14.8 Å². The zero-order valence-electron chi connectivity index (χ0n) is 20.0. The molecule has 8 heteroatoms. The Hall–Kier alpha value is -3.62. The summed E-state index contributed by atoms with van der Waals surface area (Å²) in [5, 5.41) is 3.32. The van der Waals surface area contributed by atoms with E-state index in [1.165, 1.54) is 19.2 Å². The summed E-state index contributed by atoms with van der Waals surface area (Å²) in [6, 6.07) is 22.8. The average molecular weight is 495 g/mol. The summed E-state index contributed by atoms with van der Waals surface area (Å²) in [4.78, 5) is 12.9. The Kier molecular flexibility index (Phi) is 9.05. The van der Waals surface area contributed by atoms with Crippen molar-refractivity contribution in [3.8, 4) is 5.75 Å². The van der Waals surface area contributed by atoms with E-state index in [-0.39, 0.29) is 11.4 Å². The first-order valence-electron chi connectivity index (χ1n) is 11.1. The molecule has 0 saturated heterocycles. The van der Waals surface area contributed by atoms with E-state index in [0.717, 1.165) is 16.8 Å². The van der Waals surface area contributed by atoms with Crippen LogP contribution >= 0.6 is 0 Å². The van der Waals surface area contributed by atoms with E-state index in [1.54, 1.807) is 31.4 Å². The number of anilines is 1. The Morgan fingerprint density at radius 2 is 1.60 bits per heavy atom. The van der Waals surface area contributed by atoms with Crippen LogP contribution in [0.25, 0.3) is 6.08 Å². The second-order valence-corrected chi connectivity index (χ2v) is 9.73. The Morgan fingerprint density at radius 3 is 2.20 bits per heavy atom. The largest absolute Gasteiger partial charge is 0.497 e. The Morgan fingerprint density at radius 1 is 0.943 bits per heavy atom. The maximum Gasteiger partial charge on any atom is 0.312 e. The van der Waals surface area contributed by atoms with E-state index in [1.807, 2.05) is 61.5 Å². The van der Waals surface area contributed by atoms with Gasteiger partial charge >= 0.3 is 5.97 Å². The molecule has 0 bridgehead atoms. The summed E-state index contributed by atoms with van der Waals surface area (Å²) in [5.74, 6) is -0.690. The van der Waals surface area contributed by atoms with Gasteiger partial charge in [-0.15, -0.1) is 0 Å². The summed E-state index contributed by atoms with van der Waals surface area (Å²) in [5.41, 5.74) is 2.63. The standard InChI is InChI=1S/C27H30N2O5S/c1-20-9-16-24(17-10-20)35(31,32)28-19-25(27(30)34-3)26(18-11-21-7-5-4-6-8-21)29-22-12-14-23(33-2)15-13-22/h4-18,25-26,28-29H,19H2,1-3H3/b18-11+/t25-,26+/m0/s1. The van der Waals surface area contributed by atoms with Crippen molar-refractivity contribution in [3.63, 3.8) is 0 Å². The first kappa shape index (κ1) is 26.0. The van der Waals surface area contributed by atoms with Crippen molar-refractivity contribution in [2.45, 2.75) is 17.9 Å². The van der Waals surface area contributed by atoms with Crippen molar-refractivity contribution in [1.82, 2.24) is 4.72 Å². The Balaban J connectivity index is 1.88. The zero-order chi connectivity index (χ0) is 25.3. The van der Waals surface area contributed by atoms with Crippen LogP contribution in [0.3, 0.4) is 0 Å². The number of sulfonamides is 1. The van der Waals surface area contributed by atoms with Gasteiger partial charge in [0.15, 0.2) is 0 Å². The van der Waals surface area contributed by atoms with Crippen molar-refractivity contribution in [2.75, 3.05) is 26.1 Å². The summed E-state index contributed by atoms with van der Waals surface area (Å²) in [7, 11) is -0.951. The van der Waals surface area contributed by atoms with E-state index in [2.05, 4.69) is 10.0 Å².